The smallest absolute Gasteiger partial charge is 0.186 e. The van der Waals surface area contributed by atoms with Gasteiger partial charge in [0, 0.05) is 12.1 Å². The molecule has 0 aliphatic heterocycles. The number of hydrogen-bond donors (Lipinski definition) is 2. The third-order valence-corrected chi connectivity index (χ3v) is 5.64. The maximum Gasteiger partial charge on any atom is 0.186 e. The van der Waals surface area contributed by atoms with Crippen molar-refractivity contribution in [3.05, 3.63) is 29.8 Å². The second-order valence-electron chi connectivity index (χ2n) is 8.19. The zero-order valence-electron chi connectivity index (χ0n) is 20.0. The molecule has 0 saturated carbocycles. The number of hydrazone groups is 1. The molecule has 0 aliphatic rings. The highest BCUT2D eigenvalue weighted by Gasteiger charge is 1.99. The summed E-state index contributed by atoms with van der Waals surface area (Å²) in [5.74, 6) is 0.830. The van der Waals surface area contributed by atoms with Gasteiger partial charge in [-0.1, -0.05) is 103 Å². The minimum atomic E-state index is 0.569. The number of ether oxygens (including phenoxy) is 1. The molecule has 0 aromatic heterocycles. The summed E-state index contributed by atoms with van der Waals surface area (Å²) in [6.45, 7) is 5.79. The van der Waals surface area contributed by atoms with Crippen molar-refractivity contribution in [1.29, 1.82) is 0 Å². The largest absolute Gasteiger partial charge is 0.493 e. The molecule has 0 unspecified atom stereocenters. The van der Waals surface area contributed by atoms with E-state index in [2.05, 4.69) is 22.8 Å². The second kappa shape index (κ2) is 20.3. The molecule has 0 bridgehead atoms. The Morgan fingerprint density at radius 1 is 0.839 bits per heavy atom. The van der Waals surface area contributed by atoms with Gasteiger partial charge in [0.1, 0.15) is 5.75 Å². The van der Waals surface area contributed by atoms with Gasteiger partial charge in [-0.3, -0.25) is 5.43 Å². The van der Waals surface area contributed by atoms with Gasteiger partial charge in [-0.05, 0) is 37.7 Å². The van der Waals surface area contributed by atoms with E-state index in [1.54, 1.807) is 6.21 Å². The van der Waals surface area contributed by atoms with Crippen LogP contribution in [0.4, 0.5) is 0 Å². The maximum atomic E-state index is 5.59. The van der Waals surface area contributed by atoms with E-state index in [-0.39, 0.29) is 0 Å². The molecule has 0 radical (unpaired) electrons. The lowest BCUT2D eigenvalue weighted by atomic mass is 10.0. The van der Waals surface area contributed by atoms with Crippen LogP contribution < -0.4 is 15.5 Å². The Balaban J connectivity index is 1.92. The molecular weight excluding hydrogens is 402 g/mol. The SMILES string of the molecule is CCCCCCCCCCCCCCCCNC(=S)NN=Cc1ccccc1OCC. The highest BCUT2D eigenvalue weighted by atomic mass is 32.1. The fourth-order valence-corrected chi connectivity index (χ4v) is 3.75. The van der Waals surface area contributed by atoms with Crippen molar-refractivity contribution in [3.8, 4) is 5.75 Å². The first-order valence-corrected chi connectivity index (χ1v) is 13.0. The van der Waals surface area contributed by atoms with Crippen LogP contribution in [-0.4, -0.2) is 24.5 Å². The van der Waals surface area contributed by atoms with Gasteiger partial charge in [-0.2, -0.15) is 5.10 Å². The number of nitrogens with zero attached hydrogens (tertiary/aromatic N) is 1. The van der Waals surface area contributed by atoms with Gasteiger partial charge in [-0.25, -0.2) is 0 Å². The van der Waals surface area contributed by atoms with Gasteiger partial charge in [0.25, 0.3) is 0 Å². The minimum Gasteiger partial charge on any atom is -0.493 e. The summed E-state index contributed by atoms with van der Waals surface area (Å²) in [6, 6.07) is 7.84. The van der Waals surface area contributed by atoms with Crippen molar-refractivity contribution < 1.29 is 4.74 Å². The molecule has 0 heterocycles. The first kappa shape index (κ1) is 27.4. The van der Waals surface area contributed by atoms with Crippen molar-refractivity contribution in [1.82, 2.24) is 10.7 Å². The number of thiocarbonyl (C=S) groups is 1. The lowest BCUT2D eigenvalue weighted by Crippen LogP contribution is -2.32. The Morgan fingerprint density at radius 3 is 1.97 bits per heavy atom. The molecule has 1 aromatic rings. The van der Waals surface area contributed by atoms with E-state index in [1.807, 2.05) is 31.2 Å². The van der Waals surface area contributed by atoms with Crippen LogP contribution in [0.3, 0.4) is 0 Å². The van der Waals surface area contributed by atoms with Crippen LogP contribution in [-0.2, 0) is 0 Å². The predicted molar refractivity (Wildman–Crippen MR) is 139 cm³/mol. The number of hydrogen-bond acceptors (Lipinski definition) is 3. The summed E-state index contributed by atoms with van der Waals surface area (Å²) in [4.78, 5) is 0. The fourth-order valence-electron chi connectivity index (χ4n) is 3.60. The van der Waals surface area contributed by atoms with Crippen LogP contribution >= 0.6 is 12.2 Å². The first-order chi connectivity index (χ1) is 15.3. The van der Waals surface area contributed by atoms with Crippen LogP contribution in [0.5, 0.6) is 5.75 Å². The average molecular weight is 448 g/mol. The Kier molecular flexibility index (Phi) is 17.9. The van der Waals surface area contributed by atoms with E-state index in [9.17, 15) is 0 Å². The Morgan fingerprint density at radius 2 is 1.39 bits per heavy atom. The molecule has 0 saturated heterocycles. The first-order valence-electron chi connectivity index (χ1n) is 12.6. The van der Waals surface area contributed by atoms with Crippen molar-refractivity contribution in [3.63, 3.8) is 0 Å². The molecule has 0 spiro atoms. The third-order valence-electron chi connectivity index (χ3n) is 5.40. The average Bonchev–Trinajstić information content (AvgIpc) is 2.78. The molecule has 4 nitrogen and oxygen atoms in total. The molecule has 0 aliphatic carbocycles. The summed E-state index contributed by atoms with van der Waals surface area (Å²) in [7, 11) is 0. The molecule has 1 aromatic carbocycles. The lowest BCUT2D eigenvalue weighted by Gasteiger charge is -2.08. The number of para-hydroxylation sites is 1. The van der Waals surface area contributed by atoms with E-state index in [0.29, 0.717) is 11.7 Å². The number of benzene rings is 1. The second-order valence-corrected chi connectivity index (χ2v) is 8.60. The van der Waals surface area contributed by atoms with Gasteiger partial charge in [-0.15, -0.1) is 0 Å². The van der Waals surface area contributed by atoms with E-state index in [1.165, 1.54) is 83.5 Å². The van der Waals surface area contributed by atoms with Crippen LogP contribution in [0.1, 0.15) is 109 Å². The van der Waals surface area contributed by atoms with Crippen molar-refractivity contribution in [2.45, 2.75) is 104 Å². The molecular formula is C26H45N3OS. The summed E-state index contributed by atoms with van der Waals surface area (Å²) < 4.78 is 5.59. The quantitative estimate of drug-likeness (QED) is 0.101. The third kappa shape index (κ3) is 15.8. The van der Waals surface area contributed by atoms with Crippen molar-refractivity contribution in [2.75, 3.05) is 13.2 Å². The normalized spacial score (nSPS) is 11.0. The summed E-state index contributed by atoms with van der Waals surface area (Å²) in [5, 5.41) is 8.01. The van der Waals surface area contributed by atoms with Crippen LogP contribution in [0, 0.1) is 0 Å². The number of unbranched alkanes of at least 4 members (excludes halogenated alkanes) is 13. The maximum absolute atomic E-state index is 5.59. The topological polar surface area (TPSA) is 45.7 Å². The summed E-state index contributed by atoms with van der Waals surface area (Å²) in [6.07, 6.45) is 21.0. The molecule has 5 heteroatoms. The van der Waals surface area contributed by atoms with E-state index >= 15 is 0 Å². The highest BCUT2D eigenvalue weighted by molar-refractivity contribution is 7.80. The zero-order chi connectivity index (χ0) is 22.4. The van der Waals surface area contributed by atoms with E-state index in [4.69, 9.17) is 17.0 Å². The van der Waals surface area contributed by atoms with Gasteiger partial charge < -0.3 is 10.1 Å². The van der Waals surface area contributed by atoms with Gasteiger partial charge in [0.15, 0.2) is 5.11 Å². The molecule has 1 rings (SSSR count). The Hall–Kier alpha value is -1.62. The van der Waals surface area contributed by atoms with E-state index in [0.717, 1.165) is 24.3 Å². The minimum absolute atomic E-state index is 0.569. The molecule has 176 valence electrons. The molecule has 0 atom stereocenters. The standard InChI is InChI=1S/C26H45N3OS/c1-3-5-6-7-8-9-10-11-12-13-14-15-16-19-22-27-26(31)29-28-23-24-20-17-18-21-25(24)30-4-2/h17-18,20-21,23H,3-16,19,22H2,1-2H3,(H2,27,29,31). The van der Waals surface area contributed by atoms with Crippen molar-refractivity contribution >= 4 is 23.5 Å². The highest BCUT2D eigenvalue weighted by Crippen LogP contribution is 2.15. The number of nitrogens with one attached hydrogen (secondary N) is 2. The van der Waals surface area contributed by atoms with Crippen molar-refractivity contribution in [2.24, 2.45) is 5.10 Å². The molecule has 0 amide bonds. The molecule has 0 fully saturated rings. The molecule has 31 heavy (non-hydrogen) atoms. The van der Waals surface area contributed by atoms with E-state index < -0.39 is 0 Å². The van der Waals surface area contributed by atoms with Gasteiger partial charge in [0.05, 0.1) is 12.8 Å². The predicted octanol–water partition coefficient (Wildman–Crippen LogP) is 7.36. The summed E-state index contributed by atoms with van der Waals surface area (Å²) >= 11 is 5.29. The lowest BCUT2D eigenvalue weighted by molar-refractivity contribution is 0.340. The Labute approximate surface area is 196 Å². The molecule has 2 N–H and O–H groups in total. The number of rotatable bonds is 19. The van der Waals surface area contributed by atoms with Gasteiger partial charge >= 0.3 is 0 Å². The Bertz CT molecular complexity index is 592. The summed E-state index contributed by atoms with van der Waals surface area (Å²) in [5.41, 5.74) is 3.82. The zero-order valence-corrected chi connectivity index (χ0v) is 20.8. The monoisotopic (exact) mass is 447 g/mol. The fraction of sp³-hybridized carbons (Fsp3) is 0.692. The van der Waals surface area contributed by atoms with Gasteiger partial charge in [0.2, 0.25) is 0 Å². The van der Waals surface area contributed by atoms with Crippen LogP contribution in [0.25, 0.3) is 0 Å². The van der Waals surface area contributed by atoms with Crippen LogP contribution in [0.2, 0.25) is 0 Å². The van der Waals surface area contributed by atoms with Crippen LogP contribution in [0.15, 0.2) is 29.4 Å².